The fourth-order valence-electron chi connectivity index (χ4n) is 2.44. The van der Waals surface area contributed by atoms with Crippen molar-refractivity contribution in [1.29, 1.82) is 0 Å². The normalized spacial score (nSPS) is 11.3. The highest BCUT2D eigenvalue weighted by atomic mass is 32.2. The Bertz CT molecular complexity index is 1090. The third kappa shape index (κ3) is 3.18. The summed E-state index contributed by atoms with van der Waals surface area (Å²) in [6.45, 7) is 1.66. The Balaban J connectivity index is 1.94. The first kappa shape index (κ1) is 17.7. The number of nitrogens with zero attached hydrogens (tertiary/aromatic N) is 1. The standard InChI is InChI=1S/C18H15FN2O4S/c1-12-6-2-5-9-16(12)26(23,24)21-11-13(10-17(21)20)25-18(22)14-7-3-4-8-15(14)19/h2-11H,20H2,1H3. The number of hydrogen-bond acceptors (Lipinski definition) is 5. The van der Waals surface area contributed by atoms with Gasteiger partial charge >= 0.3 is 5.97 Å². The first-order valence-electron chi connectivity index (χ1n) is 7.56. The van der Waals surface area contributed by atoms with Gasteiger partial charge in [-0.2, -0.15) is 0 Å². The lowest BCUT2D eigenvalue weighted by Crippen LogP contribution is -2.15. The molecule has 0 aliphatic carbocycles. The van der Waals surface area contributed by atoms with Crippen molar-refractivity contribution in [2.45, 2.75) is 11.8 Å². The van der Waals surface area contributed by atoms with Gasteiger partial charge < -0.3 is 10.5 Å². The van der Waals surface area contributed by atoms with Crippen LogP contribution in [0.1, 0.15) is 15.9 Å². The number of aromatic nitrogens is 1. The average molecular weight is 374 g/mol. The Labute approximate surface area is 149 Å². The van der Waals surface area contributed by atoms with E-state index in [0.717, 1.165) is 16.2 Å². The second-order valence-electron chi connectivity index (χ2n) is 5.54. The second kappa shape index (κ2) is 6.64. The van der Waals surface area contributed by atoms with E-state index in [1.54, 1.807) is 25.1 Å². The van der Waals surface area contributed by atoms with Crippen molar-refractivity contribution < 1.29 is 22.3 Å². The number of ether oxygens (including phenoxy) is 1. The molecule has 0 bridgehead atoms. The van der Waals surface area contributed by atoms with Gasteiger partial charge in [-0.05, 0) is 30.7 Å². The van der Waals surface area contributed by atoms with Gasteiger partial charge in [0.05, 0.1) is 16.7 Å². The molecular weight excluding hydrogens is 359 g/mol. The summed E-state index contributed by atoms with van der Waals surface area (Å²) < 4.78 is 45.1. The number of nitrogens with two attached hydrogens (primary N) is 1. The summed E-state index contributed by atoms with van der Waals surface area (Å²) in [5.74, 6) is -1.93. The van der Waals surface area contributed by atoms with E-state index in [1.165, 1.54) is 30.3 Å². The molecule has 0 aliphatic rings. The smallest absolute Gasteiger partial charge is 0.346 e. The fraction of sp³-hybridized carbons (Fsp3) is 0.0556. The van der Waals surface area contributed by atoms with Gasteiger partial charge in [0.15, 0.2) is 5.75 Å². The number of benzene rings is 2. The maximum Gasteiger partial charge on any atom is 0.346 e. The molecule has 8 heteroatoms. The highest BCUT2D eigenvalue weighted by Crippen LogP contribution is 2.26. The molecule has 2 N–H and O–H groups in total. The van der Waals surface area contributed by atoms with Crippen molar-refractivity contribution in [3.63, 3.8) is 0 Å². The lowest BCUT2D eigenvalue weighted by Gasteiger charge is -2.09. The summed E-state index contributed by atoms with van der Waals surface area (Å²) in [4.78, 5) is 12.1. The first-order chi connectivity index (χ1) is 12.3. The molecule has 0 fully saturated rings. The van der Waals surface area contributed by atoms with Crippen LogP contribution in [0.2, 0.25) is 0 Å². The highest BCUT2D eigenvalue weighted by molar-refractivity contribution is 7.90. The Kier molecular flexibility index (Phi) is 4.52. The van der Waals surface area contributed by atoms with E-state index in [4.69, 9.17) is 10.5 Å². The summed E-state index contributed by atoms with van der Waals surface area (Å²) in [6, 6.07) is 12.9. The summed E-state index contributed by atoms with van der Waals surface area (Å²) in [5.41, 5.74) is 6.06. The van der Waals surface area contributed by atoms with Crippen LogP contribution in [-0.4, -0.2) is 18.4 Å². The van der Waals surface area contributed by atoms with Crippen molar-refractivity contribution in [2.24, 2.45) is 0 Å². The molecule has 0 unspecified atom stereocenters. The molecule has 26 heavy (non-hydrogen) atoms. The number of carbonyl (C=O) groups is 1. The van der Waals surface area contributed by atoms with Crippen molar-refractivity contribution in [2.75, 3.05) is 5.73 Å². The number of anilines is 1. The zero-order valence-electron chi connectivity index (χ0n) is 13.7. The Hall–Kier alpha value is -3.13. The quantitative estimate of drug-likeness (QED) is 0.709. The van der Waals surface area contributed by atoms with Gasteiger partial charge in [0.25, 0.3) is 10.0 Å². The molecule has 1 heterocycles. The minimum atomic E-state index is -3.96. The van der Waals surface area contributed by atoms with Crippen LogP contribution in [0.3, 0.4) is 0 Å². The summed E-state index contributed by atoms with van der Waals surface area (Å²) in [7, 11) is -3.96. The number of aryl methyl sites for hydroxylation is 1. The molecule has 0 radical (unpaired) electrons. The molecule has 6 nitrogen and oxygen atoms in total. The molecule has 134 valence electrons. The molecule has 0 aliphatic heterocycles. The first-order valence-corrected chi connectivity index (χ1v) is 9.00. The SMILES string of the molecule is Cc1ccccc1S(=O)(=O)n1cc(OC(=O)c2ccccc2F)cc1N. The molecule has 3 aromatic rings. The molecule has 1 aromatic heterocycles. The van der Waals surface area contributed by atoms with Gasteiger partial charge in [0.2, 0.25) is 0 Å². The van der Waals surface area contributed by atoms with E-state index in [-0.39, 0.29) is 22.0 Å². The Morgan fingerprint density at radius 3 is 2.46 bits per heavy atom. The Morgan fingerprint density at radius 2 is 1.77 bits per heavy atom. The van der Waals surface area contributed by atoms with E-state index < -0.39 is 21.8 Å². The molecule has 0 atom stereocenters. The van der Waals surface area contributed by atoms with Crippen LogP contribution in [0.4, 0.5) is 10.2 Å². The molecule has 0 spiro atoms. The molecule has 2 aromatic carbocycles. The summed E-state index contributed by atoms with van der Waals surface area (Å²) in [6.07, 6.45) is 1.08. The van der Waals surface area contributed by atoms with Gasteiger partial charge in [0, 0.05) is 6.07 Å². The van der Waals surface area contributed by atoms with Crippen LogP contribution >= 0.6 is 0 Å². The van der Waals surface area contributed by atoms with E-state index >= 15 is 0 Å². The number of halogens is 1. The number of esters is 1. The van der Waals surface area contributed by atoms with E-state index in [1.807, 2.05) is 0 Å². The number of carbonyl (C=O) groups excluding carboxylic acids is 1. The predicted octanol–water partition coefficient (Wildman–Crippen LogP) is 2.97. The van der Waals surface area contributed by atoms with Crippen LogP contribution < -0.4 is 10.5 Å². The number of nitrogen functional groups attached to an aromatic ring is 1. The van der Waals surface area contributed by atoms with Gasteiger partial charge in [-0.25, -0.2) is 21.6 Å². The topological polar surface area (TPSA) is 91.4 Å². The third-order valence-corrected chi connectivity index (χ3v) is 5.57. The van der Waals surface area contributed by atoms with Crippen molar-refractivity contribution >= 4 is 21.8 Å². The van der Waals surface area contributed by atoms with E-state index in [2.05, 4.69) is 0 Å². The zero-order valence-corrected chi connectivity index (χ0v) is 14.5. The molecule has 0 saturated heterocycles. The van der Waals surface area contributed by atoms with Gasteiger partial charge in [-0.3, -0.25) is 0 Å². The van der Waals surface area contributed by atoms with Crippen molar-refractivity contribution in [1.82, 2.24) is 3.97 Å². The third-order valence-electron chi connectivity index (χ3n) is 3.72. The fourth-order valence-corrected chi connectivity index (χ4v) is 3.95. The summed E-state index contributed by atoms with van der Waals surface area (Å²) >= 11 is 0. The largest absolute Gasteiger partial charge is 0.421 e. The van der Waals surface area contributed by atoms with Crippen LogP contribution in [0.5, 0.6) is 5.75 Å². The minimum absolute atomic E-state index is 0.0780. The number of hydrogen-bond donors (Lipinski definition) is 1. The van der Waals surface area contributed by atoms with Crippen LogP contribution in [0.25, 0.3) is 0 Å². The lowest BCUT2D eigenvalue weighted by atomic mass is 10.2. The van der Waals surface area contributed by atoms with Crippen LogP contribution in [0.15, 0.2) is 65.7 Å². The Morgan fingerprint density at radius 1 is 1.12 bits per heavy atom. The predicted molar refractivity (Wildman–Crippen MR) is 94.0 cm³/mol. The minimum Gasteiger partial charge on any atom is -0.421 e. The molecule has 0 amide bonds. The maximum atomic E-state index is 13.7. The van der Waals surface area contributed by atoms with Crippen LogP contribution in [-0.2, 0) is 10.0 Å². The lowest BCUT2D eigenvalue weighted by molar-refractivity contribution is 0.0730. The van der Waals surface area contributed by atoms with Gasteiger partial charge in [-0.1, -0.05) is 30.3 Å². The van der Waals surface area contributed by atoms with E-state index in [0.29, 0.717) is 5.56 Å². The number of rotatable bonds is 4. The highest BCUT2D eigenvalue weighted by Gasteiger charge is 2.23. The maximum absolute atomic E-state index is 13.7. The molecule has 3 rings (SSSR count). The zero-order chi connectivity index (χ0) is 18.9. The van der Waals surface area contributed by atoms with Crippen molar-refractivity contribution in [3.8, 4) is 5.75 Å². The average Bonchev–Trinajstić information content (AvgIpc) is 2.96. The monoisotopic (exact) mass is 374 g/mol. The molecular formula is C18H15FN2O4S. The van der Waals surface area contributed by atoms with Crippen molar-refractivity contribution in [3.05, 3.63) is 77.7 Å². The molecule has 0 saturated carbocycles. The second-order valence-corrected chi connectivity index (χ2v) is 7.32. The van der Waals surface area contributed by atoms with Gasteiger partial charge in [0.1, 0.15) is 11.6 Å². The van der Waals surface area contributed by atoms with E-state index in [9.17, 15) is 17.6 Å². The van der Waals surface area contributed by atoms with Crippen LogP contribution in [0, 0.1) is 12.7 Å². The summed E-state index contributed by atoms with van der Waals surface area (Å²) in [5, 5.41) is 0. The van der Waals surface area contributed by atoms with Gasteiger partial charge in [-0.15, -0.1) is 0 Å².